The highest BCUT2D eigenvalue weighted by Crippen LogP contribution is 2.08. The summed E-state index contributed by atoms with van der Waals surface area (Å²) < 4.78 is 5.56. The topological polar surface area (TPSA) is 26.3 Å². The maximum Gasteiger partial charge on any atom is 0.145 e. The zero-order chi connectivity index (χ0) is 12.5. The number of allylic oxidation sites excluding steroid dienone is 2. The van der Waals surface area contributed by atoms with Crippen LogP contribution in [0.4, 0.5) is 0 Å². The molecule has 0 spiro atoms. The van der Waals surface area contributed by atoms with Crippen LogP contribution < -0.4 is 0 Å². The molecule has 2 nitrogen and oxygen atoms in total. The van der Waals surface area contributed by atoms with E-state index in [4.69, 9.17) is 4.74 Å². The first-order valence-corrected chi connectivity index (χ1v) is 5.97. The van der Waals surface area contributed by atoms with Crippen molar-refractivity contribution in [3.63, 3.8) is 0 Å². The van der Waals surface area contributed by atoms with Crippen LogP contribution in [0.25, 0.3) is 0 Å². The van der Waals surface area contributed by atoms with Crippen molar-refractivity contribution < 1.29 is 9.53 Å². The molecule has 0 aliphatic carbocycles. The fourth-order valence-corrected chi connectivity index (χ4v) is 1.56. The number of carbonyl (C=O) groups is 1. The van der Waals surface area contributed by atoms with Crippen LogP contribution in [0.2, 0.25) is 0 Å². The minimum atomic E-state index is 0.645. The molecule has 0 aliphatic heterocycles. The lowest BCUT2D eigenvalue weighted by Gasteiger charge is -2.05. The quantitative estimate of drug-likeness (QED) is 0.408. The molecule has 2 heteroatoms. The third-order valence-corrected chi connectivity index (χ3v) is 2.63. The van der Waals surface area contributed by atoms with Crippen molar-refractivity contribution in [2.45, 2.75) is 33.3 Å². The van der Waals surface area contributed by atoms with Gasteiger partial charge in [-0.15, -0.1) is 0 Å². The van der Waals surface area contributed by atoms with Gasteiger partial charge >= 0.3 is 0 Å². The lowest BCUT2D eigenvalue weighted by molar-refractivity contribution is -0.105. The van der Waals surface area contributed by atoms with Gasteiger partial charge in [-0.2, -0.15) is 0 Å². The van der Waals surface area contributed by atoms with Crippen LogP contribution >= 0.6 is 0 Å². The van der Waals surface area contributed by atoms with E-state index in [1.165, 1.54) is 5.56 Å². The van der Waals surface area contributed by atoms with E-state index < -0.39 is 0 Å². The molecule has 0 fully saturated rings. The Morgan fingerprint density at radius 2 is 1.94 bits per heavy atom. The molecule has 0 amide bonds. The average molecular weight is 232 g/mol. The molecule has 0 bridgehead atoms. The summed E-state index contributed by atoms with van der Waals surface area (Å²) in [6.45, 7) is 5.27. The van der Waals surface area contributed by atoms with E-state index in [9.17, 15) is 4.79 Å². The smallest absolute Gasteiger partial charge is 0.145 e. The van der Waals surface area contributed by atoms with Crippen molar-refractivity contribution in [2.75, 3.05) is 6.61 Å². The summed E-state index contributed by atoms with van der Waals surface area (Å²) in [5, 5.41) is 0. The number of rotatable bonds is 7. The zero-order valence-corrected chi connectivity index (χ0v) is 10.6. The van der Waals surface area contributed by atoms with Gasteiger partial charge in [-0.05, 0) is 37.8 Å². The van der Waals surface area contributed by atoms with Crippen molar-refractivity contribution in [1.82, 2.24) is 0 Å². The van der Waals surface area contributed by atoms with E-state index in [0.29, 0.717) is 13.2 Å². The van der Waals surface area contributed by atoms with Gasteiger partial charge < -0.3 is 4.74 Å². The summed E-state index contributed by atoms with van der Waals surface area (Å²) in [6, 6.07) is 10.1. The first-order valence-electron chi connectivity index (χ1n) is 5.97. The summed E-state index contributed by atoms with van der Waals surface area (Å²) >= 11 is 0. The van der Waals surface area contributed by atoms with Crippen molar-refractivity contribution in [2.24, 2.45) is 0 Å². The largest absolute Gasteiger partial charge is 0.377 e. The Balaban J connectivity index is 2.17. The highest BCUT2D eigenvalue weighted by atomic mass is 16.5. The molecule has 0 heterocycles. The maximum atomic E-state index is 10.7. The van der Waals surface area contributed by atoms with E-state index in [0.717, 1.165) is 30.3 Å². The fourth-order valence-electron chi connectivity index (χ4n) is 1.56. The van der Waals surface area contributed by atoms with E-state index >= 15 is 0 Å². The monoisotopic (exact) mass is 232 g/mol. The molecule has 0 radical (unpaired) electrons. The molecular weight excluding hydrogens is 212 g/mol. The predicted octanol–water partition coefficient (Wildman–Crippen LogP) is 3.52. The zero-order valence-electron chi connectivity index (χ0n) is 10.6. The SMILES string of the molecule is CC(C)=C(C=O)CCCOCc1ccccc1. The van der Waals surface area contributed by atoms with E-state index in [-0.39, 0.29) is 0 Å². The molecule has 0 unspecified atom stereocenters. The van der Waals surface area contributed by atoms with Crippen LogP contribution in [0.5, 0.6) is 0 Å². The Kier molecular flexibility index (Phi) is 6.26. The standard InChI is InChI=1S/C15H20O2/c1-13(2)15(11-16)9-6-10-17-12-14-7-4-3-5-8-14/h3-5,7-8,11H,6,9-10,12H2,1-2H3. The number of aldehydes is 1. The summed E-state index contributed by atoms with van der Waals surface area (Å²) in [6.07, 6.45) is 2.65. The molecule has 1 aromatic rings. The highest BCUT2D eigenvalue weighted by molar-refractivity contribution is 5.74. The summed E-state index contributed by atoms with van der Waals surface area (Å²) in [5.41, 5.74) is 3.18. The lowest BCUT2D eigenvalue weighted by Crippen LogP contribution is -1.97. The molecule has 0 aromatic heterocycles. The van der Waals surface area contributed by atoms with E-state index in [1.54, 1.807) is 0 Å². The summed E-state index contributed by atoms with van der Waals surface area (Å²) in [5.74, 6) is 0. The third kappa shape index (κ3) is 5.45. The van der Waals surface area contributed by atoms with Gasteiger partial charge in [-0.1, -0.05) is 35.9 Å². The van der Waals surface area contributed by atoms with Crippen molar-refractivity contribution >= 4 is 6.29 Å². The van der Waals surface area contributed by atoms with Crippen molar-refractivity contribution in [1.29, 1.82) is 0 Å². The van der Waals surface area contributed by atoms with Gasteiger partial charge in [-0.3, -0.25) is 4.79 Å². The Bertz CT molecular complexity index is 362. The number of hydrogen-bond donors (Lipinski definition) is 0. The van der Waals surface area contributed by atoms with Crippen molar-refractivity contribution in [3.8, 4) is 0 Å². The Morgan fingerprint density at radius 1 is 1.24 bits per heavy atom. The van der Waals surface area contributed by atoms with Gasteiger partial charge in [0.2, 0.25) is 0 Å². The summed E-state index contributed by atoms with van der Waals surface area (Å²) in [4.78, 5) is 10.7. The number of ether oxygens (including phenoxy) is 1. The van der Waals surface area contributed by atoms with E-state index in [2.05, 4.69) is 0 Å². The molecule has 0 saturated carbocycles. The second kappa shape index (κ2) is 7.80. The number of hydrogen-bond acceptors (Lipinski definition) is 2. The predicted molar refractivity (Wildman–Crippen MR) is 69.8 cm³/mol. The molecule has 0 saturated heterocycles. The normalized spacial score (nSPS) is 10.0. The van der Waals surface area contributed by atoms with Gasteiger partial charge in [0.05, 0.1) is 6.61 Å². The molecule has 0 N–H and O–H groups in total. The molecule has 0 aliphatic rings. The third-order valence-electron chi connectivity index (χ3n) is 2.63. The Hall–Kier alpha value is -1.41. The second-order valence-electron chi connectivity index (χ2n) is 4.28. The first-order chi connectivity index (χ1) is 8.24. The molecule has 1 aromatic carbocycles. The number of carbonyl (C=O) groups excluding carboxylic acids is 1. The lowest BCUT2D eigenvalue weighted by atomic mass is 10.1. The minimum absolute atomic E-state index is 0.645. The molecule has 92 valence electrons. The molecular formula is C15H20O2. The minimum Gasteiger partial charge on any atom is -0.377 e. The maximum absolute atomic E-state index is 10.7. The van der Waals surface area contributed by atoms with Gasteiger partial charge in [0.25, 0.3) is 0 Å². The van der Waals surface area contributed by atoms with Crippen LogP contribution in [0.3, 0.4) is 0 Å². The fraction of sp³-hybridized carbons (Fsp3) is 0.400. The second-order valence-corrected chi connectivity index (χ2v) is 4.28. The van der Waals surface area contributed by atoms with Crippen LogP contribution in [0, 0.1) is 0 Å². The van der Waals surface area contributed by atoms with Crippen LogP contribution in [-0.2, 0) is 16.1 Å². The Morgan fingerprint density at radius 3 is 2.53 bits per heavy atom. The van der Waals surface area contributed by atoms with Crippen molar-refractivity contribution in [3.05, 3.63) is 47.0 Å². The van der Waals surface area contributed by atoms with E-state index in [1.807, 2.05) is 44.2 Å². The summed E-state index contributed by atoms with van der Waals surface area (Å²) in [7, 11) is 0. The molecule has 17 heavy (non-hydrogen) atoms. The van der Waals surface area contributed by atoms with Crippen LogP contribution in [-0.4, -0.2) is 12.9 Å². The van der Waals surface area contributed by atoms with Gasteiger partial charge in [0, 0.05) is 6.61 Å². The van der Waals surface area contributed by atoms with Gasteiger partial charge in [0.1, 0.15) is 6.29 Å². The highest BCUT2D eigenvalue weighted by Gasteiger charge is 1.98. The average Bonchev–Trinajstić information content (AvgIpc) is 2.34. The molecule has 0 atom stereocenters. The van der Waals surface area contributed by atoms with Crippen LogP contribution in [0.1, 0.15) is 32.3 Å². The molecule has 1 rings (SSSR count). The van der Waals surface area contributed by atoms with Gasteiger partial charge in [-0.25, -0.2) is 0 Å². The van der Waals surface area contributed by atoms with Gasteiger partial charge in [0.15, 0.2) is 0 Å². The number of benzene rings is 1. The van der Waals surface area contributed by atoms with Crippen LogP contribution in [0.15, 0.2) is 41.5 Å². The Labute approximate surface area is 103 Å². The first kappa shape index (κ1) is 13.7.